The van der Waals surface area contributed by atoms with Crippen LogP contribution in [-0.4, -0.2) is 21.2 Å². The molecule has 1 amide bonds. The maximum atomic E-state index is 11.0. The van der Waals surface area contributed by atoms with E-state index in [2.05, 4.69) is 27.8 Å². The number of hydrogen-bond acceptors (Lipinski definition) is 3. The van der Waals surface area contributed by atoms with Gasteiger partial charge in [-0.25, -0.2) is 4.98 Å². The lowest BCUT2D eigenvalue weighted by atomic mass is 10.1. The second-order valence-electron chi connectivity index (χ2n) is 5.03. The third-order valence-electron chi connectivity index (χ3n) is 3.43. The van der Waals surface area contributed by atoms with Crippen molar-refractivity contribution in [1.29, 1.82) is 0 Å². The molecule has 1 aromatic heterocycles. The fourth-order valence-corrected chi connectivity index (χ4v) is 3.18. The van der Waals surface area contributed by atoms with E-state index in [9.17, 15) is 4.79 Å². The largest absolute Gasteiger partial charge is 0.369 e. The summed E-state index contributed by atoms with van der Waals surface area (Å²) in [5.41, 5.74) is 8.57. The van der Waals surface area contributed by atoms with Gasteiger partial charge in [0.15, 0.2) is 5.16 Å². The van der Waals surface area contributed by atoms with Gasteiger partial charge in [-0.3, -0.25) is 4.79 Å². The van der Waals surface area contributed by atoms with Crippen LogP contribution < -0.4 is 5.73 Å². The number of primary amides is 1. The number of aromatic nitrogens is 2. The monoisotopic (exact) mass is 311 g/mol. The van der Waals surface area contributed by atoms with Crippen LogP contribution in [0.1, 0.15) is 5.56 Å². The van der Waals surface area contributed by atoms with Gasteiger partial charge in [-0.2, -0.15) is 0 Å². The number of carbonyl (C=O) groups excluding carboxylic acids is 1. The highest BCUT2D eigenvalue weighted by Gasteiger charge is 2.11. The van der Waals surface area contributed by atoms with E-state index in [0.717, 1.165) is 29.2 Å². The predicted octanol–water partition coefficient (Wildman–Crippen LogP) is 2.86. The molecule has 0 unspecified atom stereocenters. The molecule has 4 nitrogen and oxygen atoms in total. The average Bonchev–Trinajstić information content (AvgIpc) is 2.89. The molecule has 0 fully saturated rings. The molecule has 0 saturated carbocycles. The van der Waals surface area contributed by atoms with Crippen molar-refractivity contribution in [3.63, 3.8) is 0 Å². The fraction of sp³-hybridized carbons (Fsp3) is 0.176. The summed E-state index contributed by atoms with van der Waals surface area (Å²) in [5.74, 6) is -0.0825. The zero-order chi connectivity index (χ0) is 15.4. The van der Waals surface area contributed by atoms with Gasteiger partial charge < -0.3 is 10.3 Å². The Morgan fingerprint density at radius 1 is 1.09 bits per heavy atom. The first-order valence-electron chi connectivity index (χ1n) is 7.14. The molecule has 22 heavy (non-hydrogen) atoms. The van der Waals surface area contributed by atoms with Crippen molar-refractivity contribution >= 4 is 28.7 Å². The van der Waals surface area contributed by atoms with Crippen LogP contribution in [0.15, 0.2) is 59.8 Å². The van der Waals surface area contributed by atoms with E-state index in [1.165, 1.54) is 17.3 Å². The van der Waals surface area contributed by atoms with Crippen LogP contribution in [0.2, 0.25) is 0 Å². The van der Waals surface area contributed by atoms with Crippen molar-refractivity contribution in [2.75, 3.05) is 5.75 Å². The molecular weight excluding hydrogens is 294 g/mol. The van der Waals surface area contributed by atoms with Crippen molar-refractivity contribution < 1.29 is 4.79 Å². The van der Waals surface area contributed by atoms with E-state index in [0.29, 0.717) is 0 Å². The molecular formula is C17H17N3OS. The standard InChI is InChI=1S/C17H17N3OS/c18-16(21)12-22-17-19-14-8-4-5-9-15(14)20(17)11-10-13-6-2-1-3-7-13/h1-9H,10-12H2,(H2,18,21). The molecule has 0 radical (unpaired) electrons. The van der Waals surface area contributed by atoms with Crippen LogP contribution in [0.3, 0.4) is 0 Å². The number of para-hydroxylation sites is 2. The lowest BCUT2D eigenvalue weighted by Gasteiger charge is -2.08. The topological polar surface area (TPSA) is 60.9 Å². The Kier molecular flexibility index (Phi) is 4.44. The highest BCUT2D eigenvalue weighted by atomic mass is 32.2. The third-order valence-corrected chi connectivity index (χ3v) is 4.43. The van der Waals surface area contributed by atoms with E-state index in [4.69, 9.17) is 5.73 Å². The quantitative estimate of drug-likeness (QED) is 0.712. The number of rotatable bonds is 6. The normalized spacial score (nSPS) is 10.9. The van der Waals surface area contributed by atoms with E-state index >= 15 is 0 Å². The van der Waals surface area contributed by atoms with Crippen molar-refractivity contribution in [2.45, 2.75) is 18.1 Å². The summed E-state index contributed by atoms with van der Waals surface area (Å²) in [4.78, 5) is 15.7. The van der Waals surface area contributed by atoms with Gasteiger partial charge in [0, 0.05) is 6.54 Å². The molecule has 0 bridgehead atoms. The number of benzene rings is 2. The van der Waals surface area contributed by atoms with E-state index in [-0.39, 0.29) is 11.7 Å². The maximum absolute atomic E-state index is 11.0. The Morgan fingerprint density at radius 2 is 1.82 bits per heavy atom. The summed E-state index contributed by atoms with van der Waals surface area (Å²) in [6, 6.07) is 18.4. The van der Waals surface area contributed by atoms with Crippen LogP contribution >= 0.6 is 11.8 Å². The van der Waals surface area contributed by atoms with E-state index in [1.807, 2.05) is 36.4 Å². The molecule has 0 aliphatic rings. The first-order valence-corrected chi connectivity index (χ1v) is 8.13. The van der Waals surface area contributed by atoms with Gasteiger partial charge in [-0.05, 0) is 24.1 Å². The Morgan fingerprint density at radius 3 is 2.59 bits per heavy atom. The molecule has 0 atom stereocenters. The van der Waals surface area contributed by atoms with Crippen LogP contribution in [0, 0.1) is 0 Å². The Bertz CT molecular complexity index is 783. The van der Waals surface area contributed by atoms with E-state index < -0.39 is 0 Å². The lowest BCUT2D eigenvalue weighted by molar-refractivity contribution is -0.115. The number of fused-ring (bicyclic) bond motifs is 1. The number of carbonyl (C=O) groups is 1. The fourth-order valence-electron chi connectivity index (χ4n) is 2.40. The molecule has 0 aliphatic carbocycles. The Hall–Kier alpha value is -2.27. The predicted molar refractivity (Wildman–Crippen MR) is 89.8 cm³/mol. The van der Waals surface area contributed by atoms with Crippen LogP contribution in [0.25, 0.3) is 11.0 Å². The first-order chi connectivity index (χ1) is 10.7. The SMILES string of the molecule is NC(=O)CSc1nc2ccccc2n1CCc1ccccc1. The lowest BCUT2D eigenvalue weighted by Crippen LogP contribution is -2.14. The summed E-state index contributed by atoms with van der Waals surface area (Å²) in [6.45, 7) is 0.825. The Balaban J connectivity index is 1.88. The number of nitrogens with zero attached hydrogens (tertiary/aromatic N) is 2. The average molecular weight is 311 g/mol. The third kappa shape index (κ3) is 3.31. The summed E-state index contributed by atoms with van der Waals surface area (Å²) in [6.07, 6.45) is 0.922. The summed E-state index contributed by atoms with van der Waals surface area (Å²) < 4.78 is 2.16. The number of amides is 1. The van der Waals surface area contributed by atoms with Crippen LogP contribution in [0.4, 0.5) is 0 Å². The van der Waals surface area contributed by atoms with Crippen LogP contribution in [0.5, 0.6) is 0 Å². The van der Waals surface area contributed by atoms with Gasteiger partial charge in [0.25, 0.3) is 0 Å². The zero-order valence-corrected chi connectivity index (χ0v) is 12.9. The van der Waals surface area contributed by atoms with Crippen molar-refractivity contribution in [3.05, 3.63) is 60.2 Å². The number of imidazole rings is 1. The van der Waals surface area contributed by atoms with Gasteiger partial charge in [0.1, 0.15) is 0 Å². The van der Waals surface area contributed by atoms with Gasteiger partial charge >= 0.3 is 0 Å². The van der Waals surface area contributed by atoms with Crippen molar-refractivity contribution in [3.8, 4) is 0 Å². The van der Waals surface area contributed by atoms with Crippen molar-refractivity contribution in [2.24, 2.45) is 5.73 Å². The highest BCUT2D eigenvalue weighted by Crippen LogP contribution is 2.24. The molecule has 0 aliphatic heterocycles. The molecule has 112 valence electrons. The first kappa shape index (κ1) is 14.7. The van der Waals surface area contributed by atoms with Gasteiger partial charge in [-0.15, -0.1) is 0 Å². The molecule has 2 N–H and O–H groups in total. The minimum Gasteiger partial charge on any atom is -0.369 e. The van der Waals surface area contributed by atoms with Gasteiger partial charge in [0.05, 0.1) is 16.8 Å². The minimum absolute atomic E-state index is 0.245. The Labute approximate surface area is 133 Å². The number of hydrogen-bond donors (Lipinski definition) is 1. The van der Waals surface area contributed by atoms with Gasteiger partial charge in [-0.1, -0.05) is 54.2 Å². The second kappa shape index (κ2) is 6.66. The molecule has 1 heterocycles. The van der Waals surface area contributed by atoms with Crippen LogP contribution in [-0.2, 0) is 17.8 Å². The molecule has 0 saturated heterocycles. The molecule has 3 rings (SSSR count). The van der Waals surface area contributed by atoms with E-state index in [1.54, 1.807) is 0 Å². The summed E-state index contributed by atoms with van der Waals surface area (Å²) >= 11 is 1.39. The molecule has 0 spiro atoms. The molecule has 3 aromatic rings. The molecule has 5 heteroatoms. The smallest absolute Gasteiger partial charge is 0.227 e. The van der Waals surface area contributed by atoms with Crippen molar-refractivity contribution in [1.82, 2.24) is 9.55 Å². The number of thioether (sulfide) groups is 1. The summed E-state index contributed by atoms with van der Waals surface area (Å²) in [5, 5.41) is 0.843. The summed E-state index contributed by atoms with van der Waals surface area (Å²) in [7, 11) is 0. The number of aryl methyl sites for hydroxylation is 2. The zero-order valence-electron chi connectivity index (χ0n) is 12.1. The maximum Gasteiger partial charge on any atom is 0.227 e. The second-order valence-corrected chi connectivity index (χ2v) is 5.97. The highest BCUT2D eigenvalue weighted by molar-refractivity contribution is 7.99. The number of nitrogens with two attached hydrogens (primary N) is 1. The molecule has 2 aromatic carbocycles. The van der Waals surface area contributed by atoms with Gasteiger partial charge in [0.2, 0.25) is 5.91 Å². The minimum atomic E-state index is -0.327.